The predicted molar refractivity (Wildman–Crippen MR) is 87.6 cm³/mol. The molecular formula is C16H19Cl2NO3S. The van der Waals surface area contributed by atoms with Gasteiger partial charge in [-0.3, -0.25) is 4.79 Å². The van der Waals surface area contributed by atoms with Crippen LogP contribution in [-0.4, -0.2) is 28.6 Å². The molecule has 0 bridgehead atoms. The minimum Gasteiger partial charge on any atom is -1.00 e. The van der Waals surface area contributed by atoms with Gasteiger partial charge in [-0.25, -0.2) is 0 Å². The van der Waals surface area contributed by atoms with Crippen LogP contribution >= 0.6 is 22.9 Å². The number of nitrogens with two attached hydrogens (primary N) is 1. The summed E-state index contributed by atoms with van der Waals surface area (Å²) in [5.41, 5.74) is 0.748. The number of Topliss-reactive ketones (excluding diaryl/α,β-unsaturated/α-hetero) is 1. The molecule has 0 aliphatic heterocycles. The first-order chi connectivity index (χ1) is 10.5. The number of aliphatic hydroxyl groups excluding tert-OH is 1. The second-order valence-corrected chi connectivity index (χ2v) is 6.91. The Hall–Kier alpha value is -1.11. The first-order valence-corrected chi connectivity index (χ1v) is 8.25. The van der Waals surface area contributed by atoms with Crippen molar-refractivity contribution in [3.05, 3.63) is 51.2 Å². The van der Waals surface area contributed by atoms with E-state index in [1.165, 1.54) is 11.3 Å². The molecule has 0 saturated heterocycles. The van der Waals surface area contributed by atoms with Crippen molar-refractivity contribution in [2.45, 2.75) is 25.5 Å². The number of quaternary nitrogens is 1. The predicted octanol–water partition coefficient (Wildman–Crippen LogP) is -0.631. The summed E-state index contributed by atoms with van der Waals surface area (Å²) in [6.45, 7) is 2.51. The van der Waals surface area contributed by atoms with Gasteiger partial charge in [0.1, 0.15) is 17.9 Å². The van der Waals surface area contributed by atoms with E-state index in [0.29, 0.717) is 22.2 Å². The number of aromatic hydroxyl groups is 1. The Kier molecular flexibility index (Phi) is 8.02. The Morgan fingerprint density at radius 3 is 2.48 bits per heavy atom. The fourth-order valence-electron chi connectivity index (χ4n) is 2.17. The maximum Gasteiger partial charge on any atom is 0.178 e. The van der Waals surface area contributed by atoms with Crippen LogP contribution in [0.2, 0.25) is 4.34 Å². The molecular weight excluding hydrogens is 357 g/mol. The van der Waals surface area contributed by atoms with Gasteiger partial charge in [0.15, 0.2) is 5.78 Å². The van der Waals surface area contributed by atoms with Crippen LogP contribution in [0.5, 0.6) is 5.75 Å². The number of carbonyl (C=O) groups excluding carboxylic acids is 1. The van der Waals surface area contributed by atoms with Crippen LogP contribution in [-0.2, 0) is 0 Å². The molecule has 126 valence electrons. The minimum absolute atomic E-state index is 0. The standard InChI is InChI=1S/C16H18ClNO3S.ClH/c1-10(16(21)11-2-4-12(19)5-3-11)18-9-8-13(20)14-6-7-15(17)22-14;/h2-7,10,16,18-19,21H,8-9H2,1H3;1H. The zero-order valence-corrected chi connectivity index (χ0v) is 14.9. The smallest absolute Gasteiger partial charge is 0.178 e. The van der Waals surface area contributed by atoms with Crippen LogP contribution in [0.4, 0.5) is 0 Å². The van der Waals surface area contributed by atoms with E-state index in [0.717, 1.165) is 5.56 Å². The fourth-order valence-corrected chi connectivity index (χ4v) is 3.18. The Morgan fingerprint density at radius 1 is 1.26 bits per heavy atom. The highest BCUT2D eigenvalue weighted by atomic mass is 35.5. The molecule has 23 heavy (non-hydrogen) atoms. The molecule has 0 fully saturated rings. The van der Waals surface area contributed by atoms with E-state index in [2.05, 4.69) is 0 Å². The molecule has 4 N–H and O–H groups in total. The van der Waals surface area contributed by atoms with Crippen molar-refractivity contribution < 1.29 is 32.7 Å². The summed E-state index contributed by atoms with van der Waals surface area (Å²) in [6.07, 6.45) is -0.240. The highest BCUT2D eigenvalue weighted by Gasteiger charge is 2.19. The van der Waals surface area contributed by atoms with Crippen molar-refractivity contribution in [3.8, 4) is 5.75 Å². The van der Waals surface area contributed by atoms with Gasteiger partial charge >= 0.3 is 0 Å². The summed E-state index contributed by atoms with van der Waals surface area (Å²) in [6, 6.07) is 9.88. The minimum atomic E-state index is -0.646. The number of phenols is 1. The second-order valence-electron chi connectivity index (χ2n) is 5.20. The summed E-state index contributed by atoms with van der Waals surface area (Å²) in [4.78, 5) is 12.6. The number of benzene rings is 1. The van der Waals surface area contributed by atoms with Crippen molar-refractivity contribution in [2.75, 3.05) is 6.54 Å². The van der Waals surface area contributed by atoms with Crippen molar-refractivity contribution in [1.29, 1.82) is 0 Å². The van der Waals surface area contributed by atoms with E-state index >= 15 is 0 Å². The summed E-state index contributed by atoms with van der Waals surface area (Å²) >= 11 is 7.11. The lowest BCUT2D eigenvalue weighted by Crippen LogP contribution is -3.00. The van der Waals surface area contributed by atoms with Crippen LogP contribution in [0.3, 0.4) is 0 Å². The van der Waals surface area contributed by atoms with Crippen LogP contribution in [0, 0.1) is 0 Å². The van der Waals surface area contributed by atoms with E-state index in [4.69, 9.17) is 11.6 Å². The first kappa shape index (κ1) is 19.9. The number of carbonyl (C=O) groups is 1. The Bertz CT molecular complexity index is 631. The number of hydrogen-bond donors (Lipinski definition) is 3. The van der Waals surface area contributed by atoms with Crippen molar-refractivity contribution in [1.82, 2.24) is 0 Å². The van der Waals surface area contributed by atoms with Gasteiger partial charge in [0, 0.05) is 0 Å². The monoisotopic (exact) mass is 375 g/mol. The van der Waals surface area contributed by atoms with Crippen LogP contribution in [0.25, 0.3) is 0 Å². The van der Waals surface area contributed by atoms with Gasteiger partial charge in [0.25, 0.3) is 0 Å². The first-order valence-electron chi connectivity index (χ1n) is 7.06. The Morgan fingerprint density at radius 2 is 1.91 bits per heavy atom. The summed E-state index contributed by atoms with van der Waals surface area (Å²) < 4.78 is 0.614. The molecule has 2 unspecified atom stereocenters. The molecule has 1 aromatic heterocycles. The van der Waals surface area contributed by atoms with Crippen molar-refractivity contribution >= 4 is 28.7 Å². The average molecular weight is 376 g/mol. The third-order valence-corrected chi connectivity index (χ3v) is 4.76. The molecule has 0 radical (unpaired) electrons. The SMILES string of the molecule is CC([NH2+]CCC(=O)c1ccc(Cl)s1)C(O)c1ccc(O)cc1.[Cl-]. The Balaban J connectivity index is 0.00000264. The molecule has 0 saturated carbocycles. The number of rotatable bonds is 7. The van der Waals surface area contributed by atoms with Crippen molar-refractivity contribution in [3.63, 3.8) is 0 Å². The maximum atomic E-state index is 12.0. The summed E-state index contributed by atoms with van der Waals surface area (Å²) in [5.74, 6) is 0.243. The molecule has 1 aromatic carbocycles. The van der Waals surface area contributed by atoms with E-state index in [1.807, 2.05) is 12.2 Å². The molecule has 7 heteroatoms. The van der Waals surface area contributed by atoms with Gasteiger partial charge in [-0.15, -0.1) is 11.3 Å². The van der Waals surface area contributed by atoms with E-state index in [-0.39, 0.29) is 30.0 Å². The number of phenolic OH excluding ortho intramolecular Hbond substituents is 1. The van der Waals surface area contributed by atoms with E-state index in [1.54, 1.807) is 36.4 Å². The normalized spacial score (nSPS) is 13.2. The number of hydrogen-bond acceptors (Lipinski definition) is 4. The summed E-state index contributed by atoms with van der Waals surface area (Å²) in [7, 11) is 0. The van der Waals surface area contributed by atoms with Gasteiger partial charge in [-0.05, 0) is 36.8 Å². The Labute approximate surface area is 150 Å². The third-order valence-electron chi connectivity index (χ3n) is 3.49. The fraction of sp³-hybridized carbons (Fsp3) is 0.312. The topological polar surface area (TPSA) is 74.1 Å². The molecule has 1 heterocycles. The van der Waals surface area contributed by atoms with Gasteiger partial charge in [0.05, 0.1) is 22.2 Å². The molecule has 2 aromatic rings. The summed E-state index contributed by atoms with van der Waals surface area (Å²) in [5, 5.41) is 21.5. The van der Waals surface area contributed by atoms with E-state index in [9.17, 15) is 15.0 Å². The van der Waals surface area contributed by atoms with Crippen LogP contribution in [0.1, 0.15) is 34.7 Å². The number of halogens is 2. The molecule has 2 rings (SSSR count). The quantitative estimate of drug-likeness (QED) is 0.564. The lowest BCUT2D eigenvalue weighted by atomic mass is 10.0. The molecule has 0 spiro atoms. The largest absolute Gasteiger partial charge is 1.00 e. The third kappa shape index (κ3) is 5.79. The second kappa shape index (κ2) is 9.25. The van der Waals surface area contributed by atoms with Crippen LogP contribution in [0.15, 0.2) is 36.4 Å². The highest BCUT2D eigenvalue weighted by molar-refractivity contribution is 7.18. The van der Waals surface area contributed by atoms with Gasteiger partial charge < -0.3 is 27.9 Å². The lowest BCUT2D eigenvalue weighted by molar-refractivity contribution is -0.693. The van der Waals surface area contributed by atoms with Gasteiger partial charge in [-0.2, -0.15) is 0 Å². The van der Waals surface area contributed by atoms with Gasteiger partial charge in [0.2, 0.25) is 0 Å². The van der Waals surface area contributed by atoms with Crippen LogP contribution < -0.4 is 17.7 Å². The molecule has 0 aliphatic carbocycles. The zero-order valence-electron chi connectivity index (χ0n) is 12.6. The van der Waals surface area contributed by atoms with Gasteiger partial charge in [-0.1, -0.05) is 23.7 Å². The molecule has 4 nitrogen and oxygen atoms in total. The maximum absolute atomic E-state index is 12.0. The molecule has 0 aliphatic rings. The molecule has 0 amide bonds. The average Bonchev–Trinajstić information content (AvgIpc) is 2.93. The number of aliphatic hydroxyl groups is 1. The molecule has 2 atom stereocenters. The highest BCUT2D eigenvalue weighted by Crippen LogP contribution is 2.22. The zero-order chi connectivity index (χ0) is 16.1. The number of ketones is 1. The lowest BCUT2D eigenvalue weighted by Gasteiger charge is -2.17. The number of thiophene rings is 1. The van der Waals surface area contributed by atoms with E-state index < -0.39 is 6.10 Å². The van der Waals surface area contributed by atoms with Crippen molar-refractivity contribution in [2.24, 2.45) is 0 Å².